The van der Waals surface area contributed by atoms with E-state index in [-0.39, 0.29) is 0 Å². The van der Waals surface area contributed by atoms with Crippen LogP contribution in [0.15, 0.2) is 24.5 Å². The van der Waals surface area contributed by atoms with E-state index in [1.165, 1.54) is 31.4 Å². The molecule has 0 N–H and O–H groups in total. The van der Waals surface area contributed by atoms with Crippen LogP contribution in [-0.4, -0.2) is 13.3 Å². The van der Waals surface area contributed by atoms with Crippen molar-refractivity contribution >= 4 is 39.8 Å². The standard InChI is InChI=1S/C13H14ClIN2/c14-10-3-6-13-16-12(8-17(13)7-10)9-1-4-11(15)5-2-9/h3,6-9,11H,1-2,4-5H2. The molecule has 2 heterocycles. The summed E-state index contributed by atoms with van der Waals surface area (Å²) in [7, 11) is 0. The molecule has 2 aromatic rings. The SMILES string of the molecule is Clc1ccc2nc(C3CCC(I)CC3)cn2c1. The van der Waals surface area contributed by atoms with Crippen LogP contribution >= 0.6 is 34.2 Å². The quantitative estimate of drug-likeness (QED) is 0.542. The highest BCUT2D eigenvalue weighted by atomic mass is 127. The first-order valence-corrected chi connectivity index (χ1v) is 7.63. The molecule has 0 bridgehead atoms. The molecule has 0 amide bonds. The van der Waals surface area contributed by atoms with Crippen molar-refractivity contribution in [3.05, 3.63) is 35.2 Å². The molecule has 17 heavy (non-hydrogen) atoms. The Balaban J connectivity index is 1.90. The third-order valence-electron chi connectivity index (χ3n) is 3.51. The number of hydrogen-bond donors (Lipinski definition) is 0. The molecule has 2 aromatic heterocycles. The minimum absolute atomic E-state index is 0.639. The molecule has 0 unspecified atom stereocenters. The smallest absolute Gasteiger partial charge is 0.137 e. The number of hydrogen-bond acceptors (Lipinski definition) is 1. The first kappa shape index (κ1) is 11.8. The van der Waals surface area contributed by atoms with Crippen molar-refractivity contribution in [2.75, 3.05) is 0 Å². The second-order valence-corrected chi connectivity index (χ2v) is 6.93. The summed E-state index contributed by atoms with van der Waals surface area (Å²) >= 11 is 8.54. The third-order valence-corrected chi connectivity index (χ3v) is 4.98. The molecular formula is C13H14ClIN2. The number of nitrogens with zero attached hydrogens (tertiary/aromatic N) is 2. The van der Waals surface area contributed by atoms with Gasteiger partial charge in [-0.2, -0.15) is 0 Å². The Bertz CT molecular complexity index is 529. The number of aromatic nitrogens is 2. The predicted molar refractivity (Wildman–Crippen MR) is 79.2 cm³/mol. The van der Waals surface area contributed by atoms with Gasteiger partial charge < -0.3 is 4.40 Å². The van der Waals surface area contributed by atoms with Gasteiger partial charge in [0.15, 0.2) is 0 Å². The molecule has 1 saturated carbocycles. The van der Waals surface area contributed by atoms with E-state index in [9.17, 15) is 0 Å². The summed E-state index contributed by atoms with van der Waals surface area (Å²) in [6, 6.07) is 3.88. The van der Waals surface area contributed by atoms with Crippen LogP contribution in [0.25, 0.3) is 5.65 Å². The van der Waals surface area contributed by atoms with E-state index in [0.717, 1.165) is 14.6 Å². The second kappa shape index (κ2) is 4.76. The van der Waals surface area contributed by atoms with Crippen LogP contribution in [0.1, 0.15) is 37.3 Å². The zero-order chi connectivity index (χ0) is 11.8. The van der Waals surface area contributed by atoms with Gasteiger partial charge in [-0.15, -0.1) is 0 Å². The lowest BCUT2D eigenvalue weighted by Gasteiger charge is -2.23. The van der Waals surface area contributed by atoms with Gasteiger partial charge in [-0.3, -0.25) is 0 Å². The van der Waals surface area contributed by atoms with Crippen LogP contribution in [0.2, 0.25) is 5.02 Å². The molecule has 0 spiro atoms. The van der Waals surface area contributed by atoms with Crippen LogP contribution < -0.4 is 0 Å². The van der Waals surface area contributed by atoms with E-state index < -0.39 is 0 Å². The monoisotopic (exact) mass is 360 g/mol. The molecule has 1 fully saturated rings. The van der Waals surface area contributed by atoms with Crippen molar-refractivity contribution in [1.82, 2.24) is 9.38 Å². The minimum atomic E-state index is 0.639. The molecule has 3 rings (SSSR count). The maximum atomic E-state index is 5.98. The molecule has 0 aliphatic heterocycles. The molecule has 0 atom stereocenters. The normalized spacial score (nSPS) is 25.3. The van der Waals surface area contributed by atoms with Crippen LogP contribution in [0.3, 0.4) is 0 Å². The lowest BCUT2D eigenvalue weighted by molar-refractivity contribution is 0.456. The number of rotatable bonds is 1. The minimum Gasteiger partial charge on any atom is -0.305 e. The van der Waals surface area contributed by atoms with E-state index in [2.05, 4.69) is 28.8 Å². The summed E-state index contributed by atoms with van der Waals surface area (Å²) in [4.78, 5) is 4.70. The lowest BCUT2D eigenvalue weighted by Crippen LogP contribution is -2.12. The molecular weight excluding hydrogens is 347 g/mol. The van der Waals surface area contributed by atoms with E-state index in [0.29, 0.717) is 5.92 Å². The highest BCUT2D eigenvalue weighted by molar-refractivity contribution is 14.1. The van der Waals surface area contributed by atoms with Gasteiger partial charge in [0.2, 0.25) is 0 Å². The fourth-order valence-electron chi connectivity index (χ4n) is 2.53. The number of fused-ring (bicyclic) bond motifs is 1. The van der Waals surface area contributed by atoms with Crippen LogP contribution in [0, 0.1) is 0 Å². The van der Waals surface area contributed by atoms with Crippen LogP contribution in [0.4, 0.5) is 0 Å². The fourth-order valence-corrected chi connectivity index (χ4v) is 3.42. The molecule has 0 radical (unpaired) electrons. The summed E-state index contributed by atoms with van der Waals surface area (Å²) in [5.41, 5.74) is 2.23. The van der Waals surface area contributed by atoms with E-state index in [1.54, 1.807) is 0 Å². The summed E-state index contributed by atoms with van der Waals surface area (Å²) in [6.07, 6.45) is 9.24. The number of halogens is 2. The van der Waals surface area contributed by atoms with Crippen molar-refractivity contribution in [2.24, 2.45) is 0 Å². The van der Waals surface area contributed by atoms with E-state index >= 15 is 0 Å². The largest absolute Gasteiger partial charge is 0.305 e. The van der Waals surface area contributed by atoms with Gasteiger partial charge in [0.25, 0.3) is 0 Å². The number of alkyl halides is 1. The van der Waals surface area contributed by atoms with E-state index in [4.69, 9.17) is 16.6 Å². The van der Waals surface area contributed by atoms with E-state index in [1.807, 2.05) is 22.7 Å². The zero-order valence-corrected chi connectivity index (χ0v) is 12.4. The van der Waals surface area contributed by atoms with Crippen molar-refractivity contribution in [3.8, 4) is 0 Å². The average molecular weight is 361 g/mol. The first-order chi connectivity index (χ1) is 8.22. The first-order valence-electron chi connectivity index (χ1n) is 6.00. The maximum absolute atomic E-state index is 5.98. The van der Waals surface area contributed by atoms with Crippen LogP contribution in [0.5, 0.6) is 0 Å². The summed E-state index contributed by atoms with van der Waals surface area (Å²) in [5.74, 6) is 0.639. The molecule has 0 saturated heterocycles. The molecule has 90 valence electrons. The van der Waals surface area contributed by atoms with Crippen molar-refractivity contribution in [3.63, 3.8) is 0 Å². The lowest BCUT2D eigenvalue weighted by atomic mass is 9.87. The van der Waals surface area contributed by atoms with Crippen molar-refractivity contribution < 1.29 is 0 Å². The Labute approximate surface area is 120 Å². The molecule has 2 nitrogen and oxygen atoms in total. The second-order valence-electron chi connectivity index (χ2n) is 4.73. The predicted octanol–water partition coefficient (Wildman–Crippen LogP) is 4.45. The number of imidazole rings is 1. The summed E-state index contributed by atoms with van der Waals surface area (Å²) < 4.78 is 2.89. The van der Waals surface area contributed by atoms with Crippen LogP contribution in [-0.2, 0) is 0 Å². The zero-order valence-electron chi connectivity index (χ0n) is 9.44. The maximum Gasteiger partial charge on any atom is 0.137 e. The van der Waals surface area contributed by atoms with Gasteiger partial charge in [0.05, 0.1) is 10.7 Å². The van der Waals surface area contributed by atoms with Gasteiger partial charge >= 0.3 is 0 Å². The Morgan fingerprint density at radius 1 is 1.18 bits per heavy atom. The van der Waals surface area contributed by atoms with Crippen molar-refractivity contribution in [1.29, 1.82) is 0 Å². The highest BCUT2D eigenvalue weighted by Crippen LogP contribution is 2.35. The van der Waals surface area contributed by atoms with Crippen molar-refractivity contribution in [2.45, 2.75) is 35.5 Å². The Morgan fingerprint density at radius 2 is 1.94 bits per heavy atom. The molecule has 1 aliphatic carbocycles. The fraction of sp³-hybridized carbons (Fsp3) is 0.462. The average Bonchev–Trinajstić information content (AvgIpc) is 2.72. The molecule has 0 aromatic carbocycles. The molecule has 4 heteroatoms. The Morgan fingerprint density at radius 3 is 2.71 bits per heavy atom. The van der Waals surface area contributed by atoms with Gasteiger partial charge in [0, 0.05) is 22.2 Å². The van der Waals surface area contributed by atoms with Gasteiger partial charge in [-0.1, -0.05) is 34.2 Å². The Hall–Kier alpha value is -0.290. The summed E-state index contributed by atoms with van der Waals surface area (Å²) in [6.45, 7) is 0. The summed E-state index contributed by atoms with van der Waals surface area (Å²) in [5, 5.41) is 0.762. The van der Waals surface area contributed by atoms with Gasteiger partial charge in [0.1, 0.15) is 5.65 Å². The number of pyridine rings is 1. The third kappa shape index (κ3) is 2.45. The molecule has 1 aliphatic rings. The van der Waals surface area contributed by atoms with Gasteiger partial charge in [-0.05, 0) is 37.8 Å². The topological polar surface area (TPSA) is 17.3 Å². The highest BCUT2D eigenvalue weighted by Gasteiger charge is 2.22. The Kier molecular flexibility index (Phi) is 3.30. The van der Waals surface area contributed by atoms with Gasteiger partial charge in [-0.25, -0.2) is 4.98 Å².